The zero-order valence-electron chi connectivity index (χ0n) is 5.67. The third-order valence-electron chi connectivity index (χ3n) is 0.636. The van der Waals surface area contributed by atoms with Gasteiger partial charge in [-0.25, -0.2) is 0 Å². The summed E-state index contributed by atoms with van der Waals surface area (Å²) in [6.07, 6.45) is -1.32. The van der Waals surface area contributed by atoms with Gasteiger partial charge in [0.25, 0.3) is 0 Å². The molecule has 0 aliphatic rings. The summed E-state index contributed by atoms with van der Waals surface area (Å²) in [6.45, 7) is -1.33. The van der Waals surface area contributed by atoms with Gasteiger partial charge in [-0.1, -0.05) is 0 Å². The van der Waals surface area contributed by atoms with Gasteiger partial charge < -0.3 is 29.1 Å². The van der Waals surface area contributed by atoms with Gasteiger partial charge in [0.05, 0.1) is 21.0 Å². The molecule has 0 saturated carbocycles. The summed E-state index contributed by atoms with van der Waals surface area (Å²) >= 11 is 0. The van der Waals surface area contributed by atoms with Crippen LogP contribution in [0.4, 0.5) is 0 Å². The maximum absolute atomic E-state index is 9.71. The van der Waals surface area contributed by atoms with Crippen LogP contribution in [0, 0.1) is 0 Å². The van der Waals surface area contributed by atoms with Crippen molar-refractivity contribution in [2.45, 2.75) is 6.10 Å². The van der Waals surface area contributed by atoms with Crippen LogP contribution >= 0.6 is 7.82 Å². The van der Waals surface area contributed by atoms with E-state index in [1.807, 2.05) is 0 Å². The van der Waals surface area contributed by atoms with E-state index in [1.165, 1.54) is 0 Å². The molecule has 0 aliphatic heterocycles. The van der Waals surface area contributed by atoms with E-state index >= 15 is 0 Å². The molecule has 0 heterocycles. The first kappa shape index (κ1) is 14.3. The van der Waals surface area contributed by atoms with E-state index in [0.717, 1.165) is 0 Å². The Labute approximate surface area is 79.6 Å². The average Bonchev–Trinajstić information content (AvgIpc) is 1.81. The number of rotatable bonds is 4. The standard InChI is InChI=1S/C3H9O6P.Mg/c4-1-3(5)2-9-10(6,7)8;/h3-5H,1-2H2,(H2,6,7,8);/q;+2/p-2. The summed E-state index contributed by atoms with van der Waals surface area (Å²) in [6, 6.07) is 0. The number of aliphatic hydroxyl groups is 2. The molecule has 1 unspecified atom stereocenters. The van der Waals surface area contributed by atoms with Crippen molar-refractivity contribution in [3.8, 4) is 0 Å². The topological polar surface area (TPSA) is 113 Å². The van der Waals surface area contributed by atoms with E-state index < -0.39 is 27.1 Å². The monoisotopic (exact) mass is 194 g/mol. The van der Waals surface area contributed by atoms with Crippen molar-refractivity contribution in [2.24, 2.45) is 0 Å². The molecule has 0 saturated heterocycles. The van der Waals surface area contributed by atoms with Crippen LogP contribution in [-0.2, 0) is 9.09 Å². The molecule has 1 atom stereocenters. The molecule has 0 amide bonds. The first-order valence-corrected chi connectivity index (χ1v) is 3.87. The Hall–Kier alpha value is 0.796. The van der Waals surface area contributed by atoms with Crippen molar-refractivity contribution in [3.63, 3.8) is 0 Å². The van der Waals surface area contributed by atoms with E-state index in [-0.39, 0.29) is 23.1 Å². The van der Waals surface area contributed by atoms with Crippen LogP contribution in [0.5, 0.6) is 0 Å². The van der Waals surface area contributed by atoms with Gasteiger partial charge in [-0.3, -0.25) is 0 Å². The number of hydrogen-bond donors (Lipinski definition) is 2. The molecule has 0 aliphatic carbocycles. The molecule has 0 aromatic carbocycles. The Balaban J connectivity index is 0. The van der Waals surface area contributed by atoms with Crippen molar-refractivity contribution in [3.05, 3.63) is 0 Å². The maximum atomic E-state index is 9.71. The van der Waals surface area contributed by atoms with Crippen molar-refractivity contribution < 1.29 is 29.1 Å². The predicted octanol–water partition coefficient (Wildman–Crippen LogP) is -3.20. The van der Waals surface area contributed by atoms with Gasteiger partial charge in [0.2, 0.25) is 0 Å². The van der Waals surface area contributed by atoms with Crippen LogP contribution in [-0.4, -0.2) is 52.6 Å². The second-order valence-corrected chi connectivity index (χ2v) is 2.73. The molecular weight excluding hydrogens is 187 g/mol. The minimum Gasteiger partial charge on any atom is -0.790 e. The summed E-state index contributed by atoms with van der Waals surface area (Å²) in [7, 11) is -5.00. The summed E-state index contributed by atoms with van der Waals surface area (Å²) in [5, 5.41) is 16.6. The summed E-state index contributed by atoms with van der Waals surface area (Å²) in [5.74, 6) is 0. The fourth-order valence-electron chi connectivity index (χ4n) is 0.230. The molecule has 0 aromatic rings. The van der Waals surface area contributed by atoms with Crippen LogP contribution in [0.2, 0.25) is 0 Å². The Morgan fingerprint density at radius 2 is 2.00 bits per heavy atom. The smallest absolute Gasteiger partial charge is 0.790 e. The third-order valence-corrected chi connectivity index (χ3v) is 1.10. The average molecular weight is 194 g/mol. The van der Waals surface area contributed by atoms with Gasteiger partial charge in [0, 0.05) is 0 Å². The molecule has 0 aromatic heterocycles. The van der Waals surface area contributed by atoms with Crippen molar-refractivity contribution in [1.82, 2.24) is 0 Å². The fraction of sp³-hybridized carbons (Fsp3) is 1.00. The summed E-state index contributed by atoms with van der Waals surface area (Å²) < 4.78 is 13.3. The van der Waals surface area contributed by atoms with Crippen molar-refractivity contribution in [1.29, 1.82) is 0 Å². The molecule has 0 bridgehead atoms. The molecule has 0 radical (unpaired) electrons. The molecule has 2 N–H and O–H groups in total. The molecule has 6 nitrogen and oxygen atoms in total. The predicted molar refractivity (Wildman–Crippen MR) is 32.4 cm³/mol. The van der Waals surface area contributed by atoms with Gasteiger partial charge in [-0.15, -0.1) is 0 Å². The quantitative estimate of drug-likeness (QED) is 0.360. The third kappa shape index (κ3) is 10.8. The van der Waals surface area contributed by atoms with E-state index in [0.29, 0.717) is 0 Å². The summed E-state index contributed by atoms with van der Waals surface area (Å²) in [5.41, 5.74) is 0. The van der Waals surface area contributed by atoms with Gasteiger partial charge >= 0.3 is 23.1 Å². The van der Waals surface area contributed by atoms with Crippen LogP contribution in [0.1, 0.15) is 0 Å². The van der Waals surface area contributed by atoms with E-state index in [1.54, 1.807) is 0 Å². The molecule has 0 spiro atoms. The van der Waals surface area contributed by atoms with Crippen LogP contribution < -0.4 is 9.79 Å². The number of phosphoric ester groups is 1. The Morgan fingerprint density at radius 1 is 1.55 bits per heavy atom. The SMILES string of the molecule is O=P([O-])([O-])OCC(O)CO.[Mg+2]. The number of hydrogen-bond acceptors (Lipinski definition) is 6. The molecular formula is C3H7MgO6P. The Bertz CT molecular complexity index is 134. The normalized spacial score (nSPS) is 13.8. The largest absolute Gasteiger partial charge is 2.00 e. The Kier molecular flexibility index (Phi) is 8.24. The molecule has 0 rings (SSSR count). The van der Waals surface area contributed by atoms with Gasteiger partial charge in [0.1, 0.15) is 6.10 Å². The molecule has 8 heteroatoms. The van der Waals surface area contributed by atoms with Gasteiger partial charge in [-0.05, 0) is 0 Å². The molecule has 11 heavy (non-hydrogen) atoms. The van der Waals surface area contributed by atoms with Gasteiger partial charge in [0.15, 0.2) is 0 Å². The second kappa shape index (κ2) is 6.33. The van der Waals surface area contributed by atoms with E-state index in [4.69, 9.17) is 10.2 Å². The van der Waals surface area contributed by atoms with Crippen molar-refractivity contribution >= 4 is 30.9 Å². The number of aliphatic hydroxyl groups excluding tert-OH is 2. The number of phosphoric acid groups is 1. The van der Waals surface area contributed by atoms with E-state index in [2.05, 4.69) is 4.52 Å². The van der Waals surface area contributed by atoms with Crippen LogP contribution in [0.25, 0.3) is 0 Å². The molecule has 0 fully saturated rings. The van der Waals surface area contributed by atoms with Crippen LogP contribution in [0.15, 0.2) is 0 Å². The minimum absolute atomic E-state index is 0. The molecule has 62 valence electrons. The fourth-order valence-corrected chi connectivity index (χ4v) is 0.585. The van der Waals surface area contributed by atoms with Gasteiger partial charge in [-0.2, -0.15) is 0 Å². The maximum Gasteiger partial charge on any atom is 2.00 e. The Morgan fingerprint density at radius 3 is 2.27 bits per heavy atom. The van der Waals surface area contributed by atoms with E-state index in [9.17, 15) is 14.4 Å². The zero-order valence-corrected chi connectivity index (χ0v) is 7.98. The van der Waals surface area contributed by atoms with Crippen molar-refractivity contribution in [2.75, 3.05) is 13.2 Å². The first-order chi connectivity index (χ1) is 4.45. The summed E-state index contributed by atoms with van der Waals surface area (Å²) in [4.78, 5) is 19.4. The van der Waals surface area contributed by atoms with Crippen LogP contribution in [0.3, 0.4) is 0 Å². The second-order valence-electron chi connectivity index (χ2n) is 1.58. The first-order valence-electron chi connectivity index (χ1n) is 2.41. The minimum atomic E-state index is -5.00. The zero-order chi connectivity index (χ0) is 8.20.